The summed E-state index contributed by atoms with van der Waals surface area (Å²) in [6.45, 7) is 61.1. The Labute approximate surface area is 801 Å². The molecule has 8 saturated heterocycles. The smallest absolute Gasteiger partial charge is 0.136 e. The standard InChI is InChI=1S/C16H22N2O.C14H23N3O.C14H20N2O.C14H22N2.C12H18N2.C11H16N2O.2C10H12N2.C9H15N3/c1-12(2)16-4-3-14(9-17-16)13-5-7-18(8-6-13)15-10-19-11-15;1-11(2)14-7-17(10-15-14)12-3-5-16(6-4-12)13-8-18-9-13;1-10(2)14-4-3-11(5-15-14)12-6-16(7-12)13-8-17-9-13;1-11(2)14-5-4-13(10-15-14)12-6-8-16(3)9-7-12;1-9(2)12-5-4-10(6-13-12)11-7-14(3)8-11;1-8(2)11-4-3-9(5-12-11)13-6-10(14)7-13;1-8(2)9-3-5-12-6-4-11-10(12)7-9;1-8(2)9-3-4-10-11-5-6-12(10)7-9;1-7(2)9-5-8-6-10-3-4-12(8)11-9/h3-5,9,12,15H,6-8,10-11H2,1-2H3;7,10-13H,3-6,8-9H2,1-2H3;3-5,10,12-13H,6-9H2,1-2H3;4-5,10-12H,6-9H2,1-3H3;4-6,9,11H,7-8H2,1-3H3;3-5,8,10,14H,6-7H2,1-2H3;2*3-8H,1-2H3;5,7,10H,3-4,6H2,1-2H3. The minimum Gasteiger partial charge on any atom is -0.389 e. The van der Waals surface area contributed by atoms with E-state index in [2.05, 4.69) is 360 Å². The molecule has 0 bridgehead atoms. The van der Waals surface area contributed by atoms with Crippen LogP contribution in [0, 0.1) is 0 Å². The quantitative estimate of drug-likeness (QED) is 0.0817. The summed E-state index contributed by atoms with van der Waals surface area (Å²) in [7, 11) is 4.36. The van der Waals surface area contributed by atoms with Crippen molar-refractivity contribution in [3.63, 3.8) is 0 Å². The predicted molar refractivity (Wildman–Crippen MR) is 545 cm³/mol. The van der Waals surface area contributed by atoms with E-state index in [0.717, 1.165) is 120 Å². The molecule has 0 aromatic carbocycles. The summed E-state index contributed by atoms with van der Waals surface area (Å²) in [5, 5.41) is 17.0. The highest BCUT2D eigenvalue weighted by Gasteiger charge is 2.37. The molecule has 2 N–H and O–H groups in total. The molecular formula is C110H160N20O4. The van der Waals surface area contributed by atoms with Gasteiger partial charge in [-0.1, -0.05) is 161 Å². The van der Waals surface area contributed by atoms with Crippen molar-refractivity contribution in [1.82, 2.24) is 92.8 Å². The van der Waals surface area contributed by atoms with Crippen LogP contribution in [0.4, 0.5) is 5.69 Å². The lowest BCUT2D eigenvalue weighted by Gasteiger charge is -2.47. The largest absolute Gasteiger partial charge is 0.389 e. The molecule has 11 aromatic rings. The zero-order valence-corrected chi connectivity index (χ0v) is 84.6. The van der Waals surface area contributed by atoms with Crippen LogP contribution in [0.25, 0.3) is 16.9 Å². The first kappa shape index (κ1) is 102. The summed E-state index contributed by atoms with van der Waals surface area (Å²) < 4.78 is 24.3. The first-order valence-corrected chi connectivity index (χ1v) is 50.4. The van der Waals surface area contributed by atoms with Gasteiger partial charge in [-0.05, 0) is 218 Å². The van der Waals surface area contributed by atoms with Crippen LogP contribution in [0.15, 0.2) is 178 Å². The fraction of sp³-hybridized carbons (Fsp3) is 0.573. The molecule has 24 heteroatoms. The van der Waals surface area contributed by atoms with E-state index in [1.165, 1.54) is 157 Å². The average molecular weight is 1830 g/mol. The number of aliphatic hydroxyl groups is 1. The lowest BCUT2D eigenvalue weighted by molar-refractivity contribution is -0.0906. The van der Waals surface area contributed by atoms with E-state index in [9.17, 15) is 0 Å². The first-order valence-electron chi connectivity index (χ1n) is 50.4. The van der Waals surface area contributed by atoms with E-state index in [1.807, 2.05) is 54.1 Å². The number of aromatic nitrogens is 13. The molecule has 0 radical (unpaired) electrons. The van der Waals surface area contributed by atoms with E-state index in [4.69, 9.17) is 19.3 Å². The molecule has 10 aliphatic rings. The van der Waals surface area contributed by atoms with E-state index in [0.29, 0.717) is 89.3 Å². The zero-order chi connectivity index (χ0) is 95.1. The molecule has 8 fully saturated rings. The molecular weight excluding hydrogens is 1670 g/mol. The molecule has 0 amide bonds. The van der Waals surface area contributed by atoms with E-state index >= 15 is 0 Å². The molecule has 11 aromatic heterocycles. The number of anilines is 1. The van der Waals surface area contributed by atoms with Gasteiger partial charge in [-0.15, -0.1) is 0 Å². The van der Waals surface area contributed by atoms with Crippen molar-refractivity contribution in [3.05, 3.63) is 257 Å². The van der Waals surface area contributed by atoms with Crippen LogP contribution >= 0.6 is 0 Å². The minimum atomic E-state index is -0.153. The fourth-order valence-corrected chi connectivity index (χ4v) is 17.8. The van der Waals surface area contributed by atoms with Crippen molar-refractivity contribution in [3.8, 4) is 0 Å². The van der Waals surface area contributed by atoms with Gasteiger partial charge in [0.15, 0.2) is 0 Å². The minimum absolute atomic E-state index is 0.153. The third-order valence-corrected chi connectivity index (χ3v) is 27.9. The second-order valence-electron chi connectivity index (χ2n) is 41.4. The van der Waals surface area contributed by atoms with Crippen molar-refractivity contribution in [2.45, 2.75) is 271 Å². The number of rotatable bonds is 18. The second kappa shape index (κ2) is 49.6. The van der Waals surface area contributed by atoms with Gasteiger partial charge in [-0.3, -0.25) is 44.3 Å². The highest BCUT2D eigenvalue weighted by molar-refractivity contribution is 5.66. The van der Waals surface area contributed by atoms with Gasteiger partial charge in [0.25, 0.3) is 0 Å². The molecule has 0 aliphatic carbocycles. The second-order valence-corrected chi connectivity index (χ2v) is 41.4. The number of β-amino-alcohol motifs (C(OH)–C–C–N with tert-alkyl or cyclic N) is 1. The van der Waals surface area contributed by atoms with Crippen LogP contribution in [0.2, 0.25) is 0 Å². The molecule has 134 heavy (non-hydrogen) atoms. The Bertz CT molecular complexity index is 5110. The number of piperidine rings is 2. The van der Waals surface area contributed by atoms with Crippen LogP contribution < -0.4 is 10.2 Å². The van der Waals surface area contributed by atoms with Crippen molar-refractivity contribution in [2.75, 3.05) is 144 Å². The van der Waals surface area contributed by atoms with E-state index in [-0.39, 0.29) is 6.10 Å². The molecule has 0 spiro atoms. The molecule has 0 saturated carbocycles. The monoisotopic (exact) mass is 1830 g/mol. The third-order valence-electron chi connectivity index (χ3n) is 27.9. The maximum atomic E-state index is 9.16. The van der Waals surface area contributed by atoms with Gasteiger partial charge in [0.05, 0.1) is 106 Å². The maximum absolute atomic E-state index is 9.16. The molecule has 21 rings (SSSR count). The summed E-state index contributed by atoms with van der Waals surface area (Å²) in [6.07, 6.45) is 34.5. The van der Waals surface area contributed by atoms with Crippen LogP contribution in [0.3, 0.4) is 0 Å². The van der Waals surface area contributed by atoms with E-state index < -0.39 is 0 Å². The Morgan fingerprint density at radius 1 is 0.388 bits per heavy atom. The van der Waals surface area contributed by atoms with E-state index in [1.54, 1.807) is 0 Å². The average Bonchev–Trinajstić information content (AvgIpc) is 1.65. The van der Waals surface area contributed by atoms with Gasteiger partial charge < -0.3 is 52.7 Å². The van der Waals surface area contributed by atoms with Gasteiger partial charge in [0.2, 0.25) is 0 Å². The van der Waals surface area contributed by atoms with Crippen LogP contribution in [-0.2, 0) is 27.3 Å². The Morgan fingerprint density at radius 2 is 0.896 bits per heavy atom. The molecule has 21 heterocycles. The highest BCUT2D eigenvalue weighted by Crippen LogP contribution is 2.35. The number of hydrogen-bond acceptors (Lipinski definition) is 20. The number of fused-ring (bicyclic) bond motifs is 3. The van der Waals surface area contributed by atoms with Gasteiger partial charge >= 0.3 is 0 Å². The third kappa shape index (κ3) is 28.9. The molecule has 24 nitrogen and oxygen atoms in total. The zero-order valence-electron chi connectivity index (χ0n) is 84.6. The summed E-state index contributed by atoms with van der Waals surface area (Å²) >= 11 is 0. The molecule has 724 valence electrons. The lowest BCUT2D eigenvalue weighted by atomic mass is 9.90. The summed E-state index contributed by atoms with van der Waals surface area (Å²) in [4.78, 5) is 49.9. The van der Waals surface area contributed by atoms with Crippen molar-refractivity contribution in [2.24, 2.45) is 0 Å². The Morgan fingerprint density at radius 3 is 1.36 bits per heavy atom. The molecule has 10 aliphatic heterocycles. The number of imidazole rings is 3. The van der Waals surface area contributed by atoms with Crippen LogP contribution in [0.5, 0.6) is 0 Å². The molecule has 0 unspecified atom stereocenters. The lowest BCUT2D eigenvalue weighted by Crippen LogP contribution is -2.58. The number of likely N-dealkylation sites (N-methyl/N-ethyl adjacent to an activating group) is 1. The number of hydrogen-bond donors (Lipinski definition) is 2. The molecule has 0 atom stereocenters. The maximum Gasteiger partial charge on any atom is 0.136 e. The van der Waals surface area contributed by atoms with Gasteiger partial charge in [-0.25, -0.2) is 15.0 Å². The summed E-state index contributed by atoms with van der Waals surface area (Å²) in [6, 6.07) is 35.1. The van der Waals surface area contributed by atoms with Gasteiger partial charge in [0, 0.05) is 193 Å². The normalized spacial score (nSPS) is 18.6. The predicted octanol–water partition coefficient (Wildman–Crippen LogP) is 19.4. The van der Waals surface area contributed by atoms with Gasteiger partial charge in [-0.2, -0.15) is 5.10 Å². The van der Waals surface area contributed by atoms with Crippen LogP contribution in [-0.4, -0.2) is 256 Å². The van der Waals surface area contributed by atoms with Gasteiger partial charge in [0.1, 0.15) is 11.3 Å². The Kier molecular flexibility index (Phi) is 37.8. The van der Waals surface area contributed by atoms with Crippen LogP contribution in [0.1, 0.15) is 313 Å². The van der Waals surface area contributed by atoms with Crippen molar-refractivity contribution >= 4 is 22.6 Å². The topological polar surface area (TPSA) is 214 Å². The van der Waals surface area contributed by atoms with Crippen molar-refractivity contribution < 1.29 is 19.3 Å². The number of nitrogens with one attached hydrogen (secondary N) is 1. The highest BCUT2D eigenvalue weighted by atomic mass is 16.5. The fourth-order valence-electron chi connectivity index (χ4n) is 17.8. The number of ether oxygens (including phenoxy) is 3. The van der Waals surface area contributed by atoms with Crippen molar-refractivity contribution in [1.29, 1.82) is 0 Å². The Balaban J connectivity index is 0.000000128. The first-order chi connectivity index (χ1) is 64.5. The summed E-state index contributed by atoms with van der Waals surface area (Å²) in [5.41, 5.74) is 22.4. The SMILES string of the molecule is CC(C)c1cc2n(n1)CCNC2.CC(C)c1ccc(C2=CCN(C3COC3)CC2)cn1.CC(C)c1ccc(C2CCN(C)CC2)cn1.CC(C)c1ccc(C2CN(C)C2)cn1.CC(C)c1ccc(C2CN(C3COC3)C2)cn1.CC(C)c1ccc(N2CC(O)C2)cn1.CC(C)c1ccc2nccn2c1.CC(C)c1ccn2ccnc2c1.CC(C)c1cn(C2CCN(C3COC3)CC2)cn1. The Hall–Kier alpha value is -9.31. The summed E-state index contributed by atoms with van der Waals surface area (Å²) in [5.74, 6) is 6.93. The number of pyridine rings is 7. The number of aliphatic hydroxyl groups excluding tert-OH is 1. The number of likely N-dealkylation sites (tertiary alicyclic amines) is 4. The number of nitrogens with zero attached hydrogens (tertiary/aromatic N) is 19.